The lowest BCUT2D eigenvalue weighted by Gasteiger charge is -2.38. The van der Waals surface area contributed by atoms with Crippen molar-refractivity contribution in [1.29, 1.82) is 0 Å². The Morgan fingerprint density at radius 2 is 1.40 bits per heavy atom. The first kappa shape index (κ1) is 35.0. The summed E-state index contributed by atoms with van der Waals surface area (Å²) in [5, 5.41) is 10.5. The highest BCUT2D eigenvalue weighted by Gasteiger charge is 2.48. The fraction of sp³-hybridized carbons (Fsp3) is 0.145. The fourth-order valence-electron chi connectivity index (χ4n) is 10.4. The monoisotopic (exact) mass is 775 g/mol. The van der Waals surface area contributed by atoms with E-state index in [9.17, 15) is 0 Å². The highest BCUT2D eigenvalue weighted by molar-refractivity contribution is 6.10. The van der Waals surface area contributed by atoms with E-state index in [4.69, 9.17) is 4.99 Å². The molecule has 5 nitrogen and oxygen atoms in total. The van der Waals surface area contributed by atoms with Crippen LogP contribution in [0.15, 0.2) is 199 Å². The van der Waals surface area contributed by atoms with E-state index in [-0.39, 0.29) is 24.3 Å². The van der Waals surface area contributed by atoms with Gasteiger partial charge in [0.15, 0.2) is 0 Å². The largest absolute Gasteiger partial charge is 0.336 e. The van der Waals surface area contributed by atoms with Gasteiger partial charge in [0.1, 0.15) is 12.3 Å². The average Bonchev–Trinajstić information content (AvgIpc) is 3.83. The van der Waals surface area contributed by atoms with Crippen molar-refractivity contribution in [3.63, 3.8) is 0 Å². The summed E-state index contributed by atoms with van der Waals surface area (Å²) in [6.45, 7) is 0. The molecule has 5 heteroatoms. The molecule has 0 spiro atoms. The summed E-state index contributed by atoms with van der Waals surface area (Å²) < 4.78 is 2.46. The fourth-order valence-corrected chi connectivity index (χ4v) is 10.4. The maximum Gasteiger partial charge on any atom is 0.202 e. The normalized spacial score (nSPS) is 22.9. The smallest absolute Gasteiger partial charge is 0.202 e. The van der Waals surface area contributed by atoms with Gasteiger partial charge < -0.3 is 14.8 Å². The zero-order chi connectivity index (χ0) is 39.6. The molecule has 5 atom stereocenters. The van der Waals surface area contributed by atoms with Crippen molar-refractivity contribution in [3.05, 3.63) is 222 Å². The van der Waals surface area contributed by atoms with Gasteiger partial charge in [-0.25, -0.2) is 4.99 Å². The first-order chi connectivity index (χ1) is 29.7. The van der Waals surface area contributed by atoms with E-state index in [0.717, 1.165) is 30.8 Å². The molecule has 290 valence electrons. The molecule has 60 heavy (non-hydrogen) atoms. The Labute approximate surface area is 351 Å². The molecule has 12 rings (SSSR count). The number of aromatic nitrogens is 1. The number of fused-ring (bicyclic) bond motifs is 7. The second-order valence-corrected chi connectivity index (χ2v) is 16.7. The Bertz CT molecular complexity index is 2940. The average molecular weight is 776 g/mol. The number of hydrogen-bond donors (Lipinski definition) is 2. The van der Waals surface area contributed by atoms with Crippen LogP contribution in [0.2, 0.25) is 0 Å². The van der Waals surface area contributed by atoms with Crippen LogP contribution in [0.3, 0.4) is 0 Å². The van der Waals surface area contributed by atoms with Crippen molar-refractivity contribution in [2.45, 2.75) is 37.6 Å². The summed E-state index contributed by atoms with van der Waals surface area (Å²) in [5.74, 6) is 1.49. The Hall–Kier alpha value is -6.95. The van der Waals surface area contributed by atoms with E-state index in [1.54, 1.807) is 0 Å². The minimum absolute atomic E-state index is 0.0482. The molecule has 0 radical (unpaired) electrons. The summed E-state index contributed by atoms with van der Waals surface area (Å²) in [7, 11) is 0. The van der Waals surface area contributed by atoms with E-state index in [1.165, 1.54) is 72.2 Å². The molecule has 3 aliphatic carbocycles. The molecule has 0 bridgehead atoms. The van der Waals surface area contributed by atoms with E-state index >= 15 is 0 Å². The Balaban J connectivity index is 1.01. The van der Waals surface area contributed by atoms with Crippen LogP contribution in [0.4, 0.5) is 0 Å². The van der Waals surface area contributed by atoms with Crippen LogP contribution in [0.1, 0.15) is 53.0 Å². The molecular weight excluding hydrogens is 731 g/mol. The van der Waals surface area contributed by atoms with Crippen LogP contribution < -0.4 is 10.6 Å². The molecule has 1 saturated heterocycles. The second-order valence-electron chi connectivity index (χ2n) is 16.7. The predicted octanol–water partition coefficient (Wildman–Crippen LogP) is 12.1. The van der Waals surface area contributed by atoms with Crippen molar-refractivity contribution in [1.82, 2.24) is 20.1 Å². The zero-order valence-electron chi connectivity index (χ0n) is 33.3. The maximum absolute atomic E-state index is 5.67. The minimum atomic E-state index is -0.270. The molecule has 6 aromatic carbocycles. The third-order valence-electron chi connectivity index (χ3n) is 13.3. The van der Waals surface area contributed by atoms with Crippen LogP contribution in [0.5, 0.6) is 0 Å². The number of nitrogens with zero attached hydrogens (tertiary/aromatic N) is 3. The number of guanidine groups is 1. The summed E-state index contributed by atoms with van der Waals surface area (Å²) in [5.41, 5.74) is 15.1. The van der Waals surface area contributed by atoms with Crippen LogP contribution in [0, 0.1) is 11.8 Å². The van der Waals surface area contributed by atoms with Gasteiger partial charge in [-0.3, -0.25) is 5.32 Å². The van der Waals surface area contributed by atoms with Gasteiger partial charge in [-0.2, -0.15) is 0 Å². The van der Waals surface area contributed by atoms with Gasteiger partial charge in [-0.1, -0.05) is 158 Å². The summed E-state index contributed by atoms with van der Waals surface area (Å²) >= 11 is 0. The number of rotatable bonds is 5. The number of nitrogens with one attached hydrogen (secondary N) is 2. The molecule has 5 aliphatic rings. The Morgan fingerprint density at radius 3 is 2.20 bits per heavy atom. The van der Waals surface area contributed by atoms with Crippen molar-refractivity contribution in [2.24, 2.45) is 16.8 Å². The number of para-hydroxylation sites is 2. The molecule has 0 saturated carbocycles. The number of benzene rings is 6. The lowest BCUT2D eigenvalue weighted by molar-refractivity contribution is 0.355. The number of aliphatic imine (C=N–C) groups is 1. The third kappa shape index (κ3) is 5.91. The topological polar surface area (TPSA) is 44.6 Å². The Kier molecular flexibility index (Phi) is 8.41. The molecule has 0 amide bonds. The van der Waals surface area contributed by atoms with Crippen molar-refractivity contribution >= 4 is 45.1 Å². The number of hydrogen-bond acceptors (Lipinski definition) is 4. The van der Waals surface area contributed by atoms with Gasteiger partial charge in [-0.05, 0) is 100 Å². The molecule has 2 N–H and O–H groups in total. The highest BCUT2D eigenvalue weighted by atomic mass is 15.4. The second kappa shape index (κ2) is 14.4. The van der Waals surface area contributed by atoms with Crippen LogP contribution in [0.25, 0.3) is 50.3 Å². The first-order valence-electron chi connectivity index (χ1n) is 21.4. The molecule has 5 unspecified atom stereocenters. The third-order valence-corrected chi connectivity index (χ3v) is 13.3. The van der Waals surface area contributed by atoms with E-state index in [1.807, 2.05) is 0 Å². The lowest BCUT2D eigenvalue weighted by atomic mass is 9.78. The SMILES string of the molecule is C1=CCCC(c2cccc(C3N=C(N4C5=Cc6ccccc6CC5C5C=CC(n6c7ccccc7c7ccccc76)=CC54)NC(c4ccc(-c5ccccc5)cc4)N3)c2)=C1. The van der Waals surface area contributed by atoms with Crippen molar-refractivity contribution in [3.8, 4) is 11.1 Å². The molecule has 2 aliphatic heterocycles. The first-order valence-corrected chi connectivity index (χ1v) is 21.4. The van der Waals surface area contributed by atoms with Crippen LogP contribution >= 0.6 is 0 Å². The molecule has 7 aromatic rings. The summed E-state index contributed by atoms with van der Waals surface area (Å²) in [6, 6.07) is 55.3. The van der Waals surface area contributed by atoms with E-state index in [2.05, 4.69) is 214 Å². The van der Waals surface area contributed by atoms with Crippen molar-refractivity contribution in [2.75, 3.05) is 0 Å². The molecule has 3 heterocycles. The van der Waals surface area contributed by atoms with Gasteiger partial charge in [0.2, 0.25) is 5.96 Å². The lowest BCUT2D eigenvalue weighted by Crippen LogP contribution is -2.52. The maximum atomic E-state index is 5.67. The molecule has 1 aromatic heterocycles. The Morgan fingerprint density at radius 1 is 0.667 bits per heavy atom. The highest BCUT2D eigenvalue weighted by Crippen LogP contribution is 2.49. The van der Waals surface area contributed by atoms with Gasteiger partial charge in [0, 0.05) is 34.0 Å². The van der Waals surface area contributed by atoms with Crippen LogP contribution in [-0.4, -0.2) is 21.5 Å². The van der Waals surface area contributed by atoms with E-state index in [0.29, 0.717) is 5.92 Å². The molecule has 1 fully saturated rings. The summed E-state index contributed by atoms with van der Waals surface area (Å²) in [4.78, 5) is 8.23. The standard InChI is InChI=1S/C55H45N5/c1-3-14-36(15-4-1)38-26-28-39(29-27-38)53-56-54(43-21-13-20-40(32-43)37-16-5-2-6-17-37)58-55(57-53)60-51-34-42-19-8-7-18-41(42)33-48(51)47-31-30-44(35-52(47)60)59-49-24-11-9-22-45(49)46-23-10-12-25-50(46)59/h1-5,7-16,18-32,34-35,47-48,52-54,56H,6,17,33H2,(H,57,58). The molecular formula is C55H45N5. The van der Waals surface area contributed by atoms with Crippen molar-refractivity contribution < 1.29 is 0 Å². The van der Waals surface area contributed by atoms with Gasteiger partial charge in [0.25, 0.3) is 0 Å². The van der Waals surface area contributed by atoms with Gasteiger partial charge in [-0.15, -0.1) is 0 Å². The van der Waals surface area contributed by atoms with Gasteiger partial charge >= 0.3 is 0 Å². The number of likely N-dealkylation sites (tertiary alicyclic amines) is 1. The summed E-state index contributed by atoms with van der Waals surface area (Å²) in [6.07, 6.45) is 19.2. The minimum Gasteiger partial charge on any atom is -0.336 e. The predicted molar refractivity (Wildman–Crippen MR) is 247 cm³/mol. The van der Waals surface area contributed by atoms with E-state index < -0.39 is 0 Å². The number of allylic oxidation sites excluding steroid dienone is 7. The zero-order valence-corrected chi connectivity index (χ0v) is 33.3. The quantitative estimate of drug-likeness (QED) is 0.183. The van der Waals surface area contributed by atoms with Crippen LogP contribution in [-0.2, 0) is 6.42 Å². The van der Waals surface area contributed by atoms with Gasteiger partial charge in [0.05, 0.1) is 17.1 Å².